The summed E-state index contributed by atoms with van der Waals surface area (Å²) in [6.07, 6.45) is 0. The van der Waals surface area contributed by atoms with Gasteiger partial charge in [0.1, 0.15) is 17.0 Å². The number of hydrogen-bond donors (Lipinski definition) is 0. The fourth-order valence-electron chi connectivity index (χ4n) is 2.34. The van der Waals surface area contributed by atoms with E-state index in [1.165, 1.54) is 16.7 Å². The van der Waals surface area contributed by atoms with E-state index in [1.54, 1.807) is 18.2 Å². The molecule has 22 heavy (non-hydrogen) atoms. The maximum atomic E-state index is 13.5. The van der Waals surface area contributed by atoms with Gasteiger partial charge in [0, 0.05) is 21.7 Å². The summed E-state index contributed by atoms with van der Waals surface area (Å²) in [6, 6.07) is 8.01. The minimum absolute atomic E-state index is 0.147. The lowest BCUT2D eigenvalue weighted by Crippen LogP contribution is -2.28. The number of benzene rings is 2. The Morgan fingerprint density at radius 3 is 2.27 bits per heavy atom. The highest BCUT2D eigenvalue weighted by Crippen LogP contribution is 2.46. The van der Waals surface area contributed by atoms with Gasteiger partial charge in [0.15, 0.2) is 0 Å². The van der Waals surface area contributed by atoms with Gasteiger partial charge in [-0.3, -0.25) is 9.69 Å². The van der Waals surface area contributed by atoms with Gasteiger partial charge in [0.25, 0.3) is 0 Å². The highest BCUT2D eigenvalue weighted by molar-refractivity contribution is 8.00. The molecule has 7 heteroatoms. The van der Waals surface area contributed by atoms with E-state index in [-0.39, 0.29) is 17.3 Å². The van der Waals surface area contributed by atoms with Crippen LogP contribution < -0.4 is 4.90 Å². The topological polar surface area (TPSA) is 20.3 Å². The van der Waals surface area contributed by atoms with Crippen LogP contribution >= 0.6 is 35.0 Å². The van der Waals surface area contributed by atoms with E-state index >= 15 is 0 Å². The molecule has 0 radical (unpaired) electrons. The van der Waals surface area contributed by atoms with Crippen molar-refractivity contribution < 1.29 is 13.6 Å². The molecule has 1 atom stereocenters. The summed E-state index contributed by atoms with van der Waals surface area (Å²) in [5, 5.41) is 0.290. The van der Waals surface area contributed by atoms with E-state index in [2.05, 4.69) is 0 Å². The summed E-state index contributed by atoms with van der Waals surface area (Å²) in [7, 11) is 0. The molecule has 3 rings (SSSR count). The van der Waals surface area contributed by atoms with Gasteiger partial charge in [-0.2, -0.15) is 0 Å². The highest BCUT2D eigenvalue weighted by Gasteiger charge is 2.36. The Morgan fingerprint density at radius 1 is 1.09 bits per heavy atom. The van der Waals surface area contributed by atoms with E-state index in [9.17, 15) is 13.6 Å². The Hall–Kier alpha value is -1.30. The molecule has 0 N–H and O–H groups in total. The zero-order valence-corrected chi connectivity index (χ0v) is 13.4. The lowest BCUT2D eigenvalue weighted by atomic mass is 10.1. The van der Waals surface area contributed by atoms with Gasteiger partial charge in [0.2, 0.25) is 5.91 Å². The molecule has 0 aliphatic carbocycles. The van der Waals surface area contributed by atoms with Crippen molar-refractivity contribution in [2.24, 2.45) is 0 Å². The molecule has 2 nitrogen and oxygen atoms in total. The van der Waals surface area contributed by atoms with Crippen LogP contribution in [0.1, 0.15) is 10.9 Å². The maximum absolute atomic E-state index is 13.5. The molecule has 1 aliphatic rings. The average Bonchev–Trinajstić information content (AvgIpc) is 2.79. The predicted octanol–water partition coefficient (Wildman–Crippen LogP) is 5.05. The number of amides is 1. The van der Waals surface area contributed by atoms with Gasteiger partial charge < -0.3 is 0 Å². The smallest absolute Gasteiger partial charge is 0.238 e. The van der Waals surface area contributed by atoms with Crippen molar-refractivity contribution in [2.75, 3.05) is 10.7 Å². The first-order chi connectivity index (χ1) is 10.5. The molecule has 2 aromatic rings. The van der Waals surface area contributed by atoms with Crippen LogP contribution in [0.3, 0.4) is 0 Å². The third kappa shape index (κ3) is 2.81. The largest absolute Gasteiger partial charge is 0.295 e. The Labute approximate surface area is 140 Å². The van der Waals surface area contributed by atoms with Crippen molar-refractivity contribution in [3.05, 3.63) is 63.6 Å². The normalized spacial score (nSPS) is 18.1. The van der Waals surface area contributed by atoms with E-state index in [4.69, 9.17) is 23.2 Å². The number of hydrogen-bond acceptors (Lipinski definition) is 2. The molecule has 2 aromatic carbocycles. The third-order valence-electron chi connectivity index (χ3n) is 3.24. The minimum Gasteiger partial charge on any atom is -0.295 e. The average molecular weight is 360 g/mol. The zero-order valence-electron chi connectivity index (χ0n) is 11.0. The number of nitrogens with zero attached hydrogens (tertiary/aromatic N) is 1. The van der Waals surface area contributed by atoms with Crippen molar-refractivity contribution >= 4 is 46.6 Å². The number of anilines is 1. The molecule has 1 heterocycles. The molecule has 0 spiro atoms. The van der Waals surface area contributed by atoms with Gasteiger partial charge >= 0.3 is 0 Å². The minimum atomic E-state index is -0.747. The van der Waals surface area contributed by atoms with Gasteiger partial charge in [0.05, 0.1) is 11.4 Å². The molecule has 1 amide bonds. The molecule has 1 aliphatic heterocycles. The lowest BCUT2D eigenvalue weighted by molar-refractivity contribution is -0.115. The maximum Gasteiger partial charge on any atom is 0.238 e. The van der Waals surface area contributed by atoms with Gasteiger partial charge in [-0.1, -0.05) is 29.3 Å². The molecule has 1 saturated heterocycles. The van der Waals surface area contributed by atoms with E-state index in [1.807, 2.05) is 0 Å². The van der Waals surface area contributed by atoms with Crippen molar-refractivity contribution in [1.29, 1.82) is 0 Å². The Kier molecular flexibility index (Phi) is 4.30. The second-order valence-electron chi connectivity index (χ2n) is 4.69. The summed E-state index contributed by atoms with van der Waals surface area (Å²) >= 11 is 13.7. The Balaban J connectivity index is 2.10. The second-order valence-corrected chi connectivity index (χ2v) is 6.57. The third-order valence-corrected chi connectivity index (χ3v) is 5.08. The molecule has 0 saturated carbocycles. The molecule has 114 valence electrons. The first-order valence-corrected chi connectivity index (χ1v) is 8.11. The van der Waals surface area contributed by atoms with Crippen LogP contribution in [-0.4, -0.2) is 11.7 Å². The van der Waals surface area contributed by atoms with Gasteiger partial charge in [-0.25, -0.2) is 8.78 Å². The van der Waals surface area contributed by atoms with Crippen LogP contribution in [-0.2, 0) is 4.79 Å². The van der Waals surface area contributed by atoms with Crippen LogP contribution in [0, 0.1) is 11.6 Å². The lowest BCUT2D eigenvalue weighted by Gasteiger charge is -2.25. The molecule has 1 fully saturated rings. The van der Waals surface area contributed by atoms with Gasteiger partial charge in [-0.05, 0) is 24.3 Å². The van der Waals surface area contributed by atoms with E-state index in [0.717, 1.165) is 18.2 Å². The number of halogens is 4. The quantitative estimate of drug-likeness (QED) is 0.747. The number of carbonyl (C=O) groups is 1. The second kappa shape index (κ2) is 6.07. The van der Waals surface area contributed by atoms with Crippen LogP contribution in [0.5, 0.6) is 0 Å². The summed E-state index contributed by atoms with van der Waals surface area (Å²) < 4.78 is 26.9. The SMILES string of the molecule is O=C1CSC(c2c(Cl)cccc2Cl)N1c1cc(F)cc(F)c1. The fourth-order valence-corrected chi connectivity index (χ4v) is 4.32. The summed E-state index contributed by atoms with van der Waals surface area (Å²) in [4.78, 5) is 13.5. The standard InChI is InChI=1S/C15H9Cl2F2NOS/c16-11-2-1-3-12(17)14(11)15-20(13(21)7-22-15)10-5-8(18)4-9(19)6-10/h1-6,15H,7H2. The van der Waals surface area contributed by atoms with E-state index < -0.39 is 17.0 Å². The van der Waals surface area contributed by atoms with Crippen molar-refractivity contribution in [2.45, 2.75) is 5.37 Å². The fraction of sp³-hybridized carbons (Fsp3) is 0.133. The van der Waals surface area contributed by atoms with Crippen LogP contribution in [0.4, 0.5) is 14.5 Å². The first-order valence-electron chi connectivity index (χ1n) is 6.31. The predicted molar refractivity (Wildman–Crippen MR) is 85.5 cm³/mol. The highest BCUT2D eigenvalue weighted by atomic mass is 35.5. The number of rotatable bonds is 2. The van der Waals surface area contributed by atoms with Crippen LogP contribution in [0.25, 0.3) is 0 Å². The number of carbonyl (C=O) groups excluding carboxylic acids is 1. The summed E-state index contributed by atoms with van der Waals surface area (Å²) in [5.41, 5.74) is 0.708. The van der Waals surface area contributed by atoms with Crippen molar-refractivity contribution in [3.63, 3.8) is 0 Å². The molecule has 0 bridgehead atoms. The van der Waals surface area contributed by atoms with Crippen molar-refractivity contribution in [3.8, 4) is 0 Å². The Bertz CT molecular complexity index is 716. The zero-order chi connectivity index (χ0) is 15.9. The molecular formula is C15H9Cl2F2NOS. The first kappa shape index (κ1) is 15.6. The number of thioether (sulfide) groups is 1. The summed E-state index contributed by atoms with van der Waals surface area (Å²) in [6.45, 7) is 0. The molecule has 1 unspecified atom stereocenters. The van der Waals surface area contributed by atoms with Crippen LogP contribution in [0.2, 0.25) is 10.0 Å². The van der Waals surface area contributed by atoms with Crippen LogP contribution in [0.15, 0.2) is 36.4 Å². The van der Waals surface area contributed by atoms with Crippen molar-refractivity contribution in [1.82, 2.24) is 0 Å². The molecular weight excluding hydrogens is 351 g/mol. The van der Waals surface area contributed by atoms with E-state index in [0.29, 0.717) is 15.6 Å². The monoisotopic (exact) mass is 359 g/mol. The van der Waals surface area contributed by atoms with Gasteiger partial charge in [-0.15, -0.1) is 11.8 Å². The Morgan fingerprint density at radius 2 is 1.68 bits per heavy atom. The molecule has 0 aromatic heterocycles. The summed E-state index contributed by atoms with van der Waals surface area (Å²) in [5.74, 6) is -1.56.